The normalized spacial score (nSPS) is 11.0. The van der Waals surface area contributed by atoms with E-state index >= 15 is 0 Å². The van der Waals surface area contributed by atoms with Crippen LogP contribution in [-0.4, -0.2) is 5.16 Å². The van der Waals surface area contributed by atoms with Gasteiger partial charge in [-0.3, -0.25) is 0 Å². The van der Waals surface area contributed by atoms with Crippen LogP contribution < -0.4 is 5.73 Å². The van der Waals surface area contributed by atoms with Crippen molar-refractivity contribution in [2.24, 2.45) is 5.92 Å². The van der Waals surface area contributed by atoms with E-state index in [1.165, 1.54) is 0 Å². The quantitative estimate of drug-likeness (QED) is 0.751. The van der Waals surface area contributed by atoms with E-state index < -0.39 is 0 Å². The molecule has 0 amide bonds. The Morgan fingerprint density at radius 2 is 2.17 bits per heavy atom. The van der Waals surface area contributed by atoms with E-state index in [0.717, 1.165) is 24.1 Å². The van der Waals surface area contributed by atoms with Crippen molar-refractivity contribution in [2.75, 3.05) is 5.73 Å². The van der Waals surface area contributed by atoms with Crippen molar-refractivity contribution in [3.63, 3.8) is 0 Å². The van der Waals surface area contributed by atoms with Gasteiger partial charge in [-0.2, -0.15) is 0 Å². The Labute approximate surface area is 72.9 Å². The van der Waals surface area contributed by atoms with Crippen LogP contribution in [0.3, 0.4) is 0 Å². The first kappa shape index (κ1) is 9.10. The Hall–Kier alpha value is -0.990. The van der Waals surface area contributed by atoms with E-state index in [1.807, 2.05) is 0 Å². The van der Waals surface area contributed by atoms with Gasteiger partial charge in [-0.1, -0.05) is 25.9 Å². The number of aromatic nitrogens is 1. The van der Waals surface area contributed by atoms with Gasteiger partial charge in [0.2, 0.25) is 5.88 Å². The molecular formula is C9H16N2O. The standard InChI is InChI=1S/C9H16N2O/c1-4-7-8(5-6(2)3)11-12-9(7)10/h6H,4-5,10H2,1-3H3. The second kappa shape index (κ2) is 3.61. The predicted octanol–water partition coefficient (Wildman–Crippen LogP) is 2.02. The average Bonchev–Trinajstić information content (AvgIpc) is 2.30. The first-order valence-corrected chi connectivity index (χ1v) is 4.38. The molecule has 3 heteroatoms. The van der Waals surface area contributed by atoms with Crippen molar-refractivity contribution in [1.82, 2.24) is 5.16 Å². The molecule has 3 nitrogen and oxygen atoms in total. The van der Waals surface area contributed by atoms with Crippen molar-refractivity contribution in [1.29, 1.82) is 0 Å². The van der Waals surface area contributed by atoms with Crippen LogP contribution in [0.4, 0.5) is 5.88 Å². The summed E-state index contributed by atoms with van der Waals surface area (Å²) in [5.74, 6) is 1.08. The summed E-state index contributed by atoms with van der Waals surface area (Å²) in [4.78, 5) is 0. The highest BCUT2D eigenvalue weighted by Gasteiger charge is 2.12. The SMILES string of the molecule is CCc1c(CC(C)C)noc1N. The third kappa shape index (κ3) is 1.78. The lowest BCUT2D eigenvalue weighted by atomic mass is 10.0. The van der Waals surface area contributed by atoms with Crippen LogP contribution in [-0.2, 0) is 12.8 Å². The molecular weight excluding hydrogens is 152 g/mol. The number of hydrogen-bond donors (Lipinski definition) is 1. The Bertz CT molecular complexity index is 253. The fraction of sp³-hybridized carbons (Fsp3) is 0.667. The van der Waals surface area contributed by atoms with Crippen molar-refractivity contribution in [3.8, 4) is 0 Å². The molecule has 0 atom stereocenters. The van der Waals surface area contributed by atoms with Crippen LogP contribution in [0.15, 0.2) is 4.52 Å². The van der Waals surface area contributed by atoms with Crippen LogP contribution in [0, 0.1) is 5.92 Å². The summed E-state index contributed by atoms with van der Waals surface area (Å²) in [5.41, 5.74) is 7.69. The van der Waals surface area contributed by atoms with E-state index in [-0.39, 0.29) is 0 Å². The molecule has 1 heterocycles. The third-order valence-electron chi connectivity index (χ3n) is 1.86. The van der Waals surface area contributed by atoms with Crippen LogP contribution >= 0.6 is 0 Å². The summed E-state index contributed by atoms with van der Waals surface area (Å²) < 4.78 is 4.92. The minimum atomic E-state index is 0.480. The first-order valence-electron chi connectivity index (χ1n) is 4.38. The molecule has 0 radical (unpaired) electrons. The summed E-state index contributed by atoms with van der Waals surface area (Å²) in [6.45, 7) is 6.38. The number of nitrogens with two attached hydrogens (primary N) is 1. The zero-order valence-electron chi connectivity index (χ0n) is 7.92. The van der Waals surface area contributed by atoms with Crippen molar-refractivity contribution < 1.29 is 4.52 Å². The molecule has 12 heavy (non-hydrogen) atoms. The van der Waals surface area contributed by atoms with Gasteiger partial charge in [0, 0.05) is 5.56 Å². The Kier molecular flexibility index (Phi) is 2.74. The molecule has 0 spiro atoms. The summed E-state index contributed by atoms with van der Waals surface area (Å²) in [6.07, 6.45) is 1.85. The van der Waals surface area contributed by atoms with Gasteiger partial charge in [0.15, 0.2) is 0 Å². The van der Waals surface area contributed by atoms with E-state index in [4.69, 9.17) is 10.3 Å². The lowest BCUT2D eigenvalue weighted by Gasteiger charge is -2.01. The topological polar surface area (TPSA) is 52.0 Å². The highest BCUT2D eigenvalue weighted by atomic mass is 16.5. The molecule has 0 aliphatic carbocycles. The predicted molar refractivity (Wildman–Crippen MR) is 48.8 cm³/mol. The van der Waals surface area contributed by atoms with Gasteiger partial charge in [-0.25, -0.2) is 0 Å². The van der Waals surface area contributed by atoms with Crippen molar-refractivity contribution in [3.05, 3.63) is 11.3 Å². The highest BCUT2D eigenvalue weighted by Crippen LogP contribution is 2.19. The highest BCUT2D eigenvalue weighted by molar-refractivity contribution is 5.38. The summed E-state index contributed by atoms with van der Waals surface area (Å²) in [5, 5.41) is 3.93. The van der Waals surface area contributed by atoms with Gasteiger partial charge in [-0.05, 0) is 18.8 Å². The maximum Gasteiger partial charge on any atom is 0.225 e. The van der Waals surface area contributed by atoms with Gasteiger partial charge in [0.25, 0.3) is 0 Å². The minimum absolute atomic E-state index is 0.480. The van der Waals surface area contributed by atoms with Crippen LogP contribution in [0.25, 0.3) is 0 Å². The molecule has 2 N–H and O–H groups in total. The third-order valence-corrected chi connectivity index (χ3v) is 1.86. The van der Waals surface area contributed by atoms with Gasteiger partial charge < -0.3 is 10.3 Å². The number of rotatable bonds is 3. The minimum Gasteiger partial charge on any atom is -0.367 e. The fourth-order valence-electron chi connectivity index (χ4n) is 1.28. The maximum atomic E-state index is 5.60. The zero-order chi connectivity index (χ0) is 9.14. The molecule has 0 fully saturated rings. The number of anilines is 1. The summed E-state index contributed by atoms with van der Waals surface area (Å²) in [7, 11) is 0. The molecule has 0 bridgehead atoms. The molecule has 68 valence electrons. The molecule has 0 aliphatic heterocycles. The lowest BCUT2D eigenvalue weighted by molar-refractivity contribution is 0.422. The van der Waals surface area contributed by atoms with Crippen molar-refractivity contribution >= 4 is 5.88 Å². The first-order chi connectivity index (χ1) is 5.65. The van der Waals surface area contributed by atoms with Gasteiger partial charge in [0.05, 0.1) is 5.69 Å². The molecule has 1 aromatic rings. The van der Waals surface area contributed by atoms with E-state index in [9.17, 15) is 0 Å². The van der Waals surface area contributed by atoms with Crippen LogP contribution in [0.1, 0.15) is 32.0 Å². The van der Waals surface area contributed by atoms with Crippen LogP contribution in [0.2, 0.25) is 0 Å². The van der Waals surface area contributed by atoms with Gasteiger partial charge in [0.1, 0.15) is 0 Å². The van der Waals surface area contributed by atoms with E-state index in [2.05, 4.69) is 25.9 Å². The summed E-state index contributed by atoms with van der Waals surface area (Å²) in [6, 6.07) is 0. The van der Waals surface area contributed by atoms with Gasteiger partial charge in [-0.15, -0.1) is 0 Å². The maximum absolute atomic E-state index is 5.60. The molecule has 1 aromatic heterocycles. The summed E-state index contributed by atoms with van der Waals surface area (Å²) >= 11 is 0. The van der Waals surface area contributed by atoms with E-state index in [0.29, 0.717) is 11.8 Å². The molecule has 0 saturated carbocycles. The smallest absolute Gasteiger partial charge is 0.225 e. The monoisotopic (exact) mass is 168 g/mol. The molecule has 0 aliphatic rings. The molecule has 0 aromatic carbocycles. The Morgan fingerprint density at radius 3 is 2.67 bits per heavy atom. The molecule has 0 saturated heterocycles. The molecule has 0 unspecified atom stereocenters. The average molecular weight is 168 g/mol. The van der Waals surface area contributed by atoms with E-state index in [1.54, 1.807) is 0 Å². The van der Waals surface area contributed by atoms with Crippen LogP contribution in [0.5, 0.6) is 0 Å². The Morgan fingerprint density at radius 1 is 1.50 bits per heavy atom. The second-order valence-corrected chi connectivity index (χ2v) is 3.42. The largest absolute Gasteiger partial charge is 0.367 e. The fourth-order valence-corrected chi connectivity index (χ4v) is 1.28. The number of hydrogen-bond acceptors (Lipinski definition) is 3. The van der Waals surface area contributed by atoms with Gasteiger partial charge >= 0.3 is 0 Å². The van der Waals surface area contributed by atoms with Crippen molar-refractivity contribution in [2.45, 2.75) is 33.6 Å². The number of nitrogen functional groups attached to an aromatic ring is 1. The number of nitrogens with zero attached hydrogens (tertiary/aromatic N) is 1. The molecule has 1 rings (SSSR count). The second-order valence-electron chi connectivity index (χ2n) is 3.42. The zero-order valence-corrected chi connectivity index (χ0v) is 7.92. The Balaban J connectivity index is 2.84. The lowest BCUT2D eigenvalue weighted by Crippen LogP contribution is -1.98.